The number of nitrogens with one attached hydrogen (secondary N) is 1. The molecule has 28 heavy (non-hydrogen) atoms. The van der Waals surface area contributed by atoms with E-state index in [1.807, 2.05) is 19.1 Å². The van der Waals surface area contributed by atoms with Gasteiger partial charge in [-0.05, 0) is 49.6 Å². The van der Waals surface area contributed by atoms with Crippen molar-refractivity contribution in [3.63, 3.8) is 0 Å². The number of hydrogen-bond donors (Lipinski definition) is 1. The summed E-state index contributed by atoms with van der Waals surface area (Å²) in [5.41, 5.74) is 0.970. The minimum atomic E-state index is -3.46. The molecular formula is C19H22ClN3O3S2. The molecule has 1 aliphatic rings. The maximum absolute atomic E-state index is 12.5. The third kappa shape index (κ3) is 5.26. The first-order valence-electron chi connectivity index (χ1n) is 9.00. The standard InChI is InChI=1S/C19H22ClN3O3S2/c1-14(15-4-6-16(20)7-5-15)22-18(24)13-27-19-9-8-17(12-21-19)28(25,26)23-10-2-3-11-23/h4-9,12,14H,2-3,10-11,13H2,1H3,(H,22,24). The molecule has 1 aromatic heterocycles. The summed E-state index contributed by atoms with van der Waals surface area (Å²) >= 11 is 7.14. The van der Waals surface area contributed by atoms with Gasteiger partial charge in [-0.1, -0.05) is 35.5 Å². The second kappa shape index (κ2) is 9.26. The summed E-state index contributed by atoms with van der Waals surface area (Å²) < 4.78 is 26.5. The number of benzene rings is 1. The third-order valence-corrected chi connectivity index (χ3v) is 7.59. The molecule has 0 radical (unpaired) electrons. The van der Waals surface area contributed by atoms with Gasteiger partial charge in [0.1, 0.15) is 4.90 Å². The molecule has 1 N–H and O–H groups in total. The predicted octanol–water partition coefficient (Wildman–Crippen LogP) is 3.49. The van der Waals surface area contributed by atoms with Crippen LogP contribution in [0.3, 0.4) is 0 Å². The van der Waals surface area contributed by atoms with E-state index in [-0.39, 0.29) is 22.6 Å². The number of halogens is 1. The largest absolute Gasteiger partial charge is 0.349 e. The smallest absolute Gasteiger partial charge is 0.244 e. The van der Waals surface area contributed by atoms with Crippen molar-refractivity contribution >= 4 is 39.3 Å². The van der Waals surface area contributed by atoms with Crippen molar-refractivity contribution in [3.8, 4) is 0 Å². The van der Waals surface area contributed by atoms with Gasteiger partial charge >= 0.3 is 0 Å². The lowest BCUT2D eigenvalue weighted by Gasteiger charge is -2.15. The van der Waals surface area contributed by atoms with Crippen molar-refractivity contribution in [2.75, 3.05) is 18.8 Å². The number of aromatic nitrogens is 1. The van der Waals surface area contributed by atoms with E-state index in [0.717, 1.165) is 18.4 Å². The van der Waals surface area contributed by atoms with Crippen LogP contribution in [0, 0.1) is 0 Å². The van der Waals surface area contributed by atoms with Crippen molar-refractivity contribution in [2.24, 2.45) is 0 Å². The summed E-state index contributed by atoms with van der Waals surface area (Å²) in [7, 11) is -3.46. The van der Waals surface area contributed by atoms with E-state index < -0.39 is 10.0 Å². The number of pyridine rings is 1. The zero-order chi connectivity index (χ0) is 20.1. The molecule has 1 aliphatic heterocycles. The number of hydrogen-bond acceptors (Lipinski definition) is 5. The van der Waals surface area contributed by atoms with Gasteiger partial charge in [-0.15, -0.1) is 0 Å². The van der Waals surface area contributed by atoms with Crippen LogP contribution in [0.25, 0.3) is 0 Å². The zero-order valence-corrected chi connectivity index (χ0v) is 17.9. The van der Waals surface area contributed by atoms with Crippen LogP contribution in [0.15, 0.2) is 52.5 Å². The molecule has 1 atom stereocenters. The van der Waals surface area contributed by atoms with Crippen LogP contribution in [0.5, 0.6) is 0 Å². The number of carbonyl (C=O) groups excluding carboxylic acids is 1. The molecule has 2 aromatic rings. The van der Waals surface area contributed by atoms with Crippen molar-refractivity contribution in [3.05, 3.63) is 53.2 Å². The van der Waals surface area contributed by atoms with Gasteiger partial charge in [0.25, 0.3) is 0 Å². The number of amides is 1. The molecule has 9 heteroatoms. The molecule has 0 spiro atoms. The van der Waals surface area contributed by atoms with Crippen LogP contribution in [0.2, 0.25) is 5.02 Å². The molecule has 0 bridgehead atoms. The summed E-state index contributed by atoms with van der Waals surface area (Å²) in [6, 6.07) is 10.4. The minimum Gasteiger partial charge on any atom is -0.349 e. The second-order valence-corrected chi connectivity index (χ2v) is 9.94. The monoisotopic (exact) mass is 439 g/mol. The van der Waals surface area contributed by atoms with E-state index in [1.165, 1.54) is 22.3 Å². The fourth-order valence-electron chi connectivity index (χ4n) is 2.94. The molecule has 1 unspecified atom stereocenters. The van der Waals surface area contributed by atoms with E-state index in [9.17, 15) is 13.2 Å². The van der Waals surface area contributed by atoms with Crippen LogP contribution in [-0.4, -0.2) is 42.5 Å². The highest BCUT2D eigenvalue weighted by Gasteiger charge is 2.27. The highest BCUT2D eigenvalue weighted by molar-refractivity contribution is 7.99. The van der Waals surface area contributed by atoms with Gasteiger partial charge in [0.15, 0.2) is 0 Å². The van der Waals surface area contributed by atoms with Crippen LogP contribution in [0.4, 0.5) is 0 Å². The number of carbonyl (C=O) groups is 1. The summed E-state index contributed by atoms with van der Waals surface area (Å²) in [6.07, 6.45) is 3.15. The SMILES string of the molecule is CC(NC(=O)CSc1ccc(S(=O)(=O)N2CCCC2)cn1)c1ccc(Cl)cc1. The Morgan fingerprint density at radius 3 is 2.50 bits per heavy atom. The Balaban J connectivity index is 1.53. The van der Waals surface area contributed by atoms with Crippen LogP contribution >= 0.6 is 23.4 Å². The molecule has 150 valence electrons. The molecule has 1 saturated heterocycles. The maximum atomic E-state index is 12.5. The lowest BCUT2D eigenvalue weighted by Crippen LogP contribution is -2.28. The van der Waals surface area contributed by atoms with Crippen molar-refractivity contribution in [2.45, 2.75) is 35.7 Å². The average molecular weight is 440 g/mol. The number of sulfonamides is 1. The molecule has 3 rings (SSSR count). The van der Waals surface area contributed by atoms with Crippen molar-refractivity contribution < 1.29 is 13.2 Å². The highest BCUT2D eigenvalue weighted by atomic mass is 35.5. The molecule has 6 nitrogen and oxygen atoms in total. The molecular weight excluding hydrogens is 418 g/mol. The molecule has 1 aromatic carbocycles. The van der Waals surface area contributed by atoms with Crippen LogP contribution in [0.1, 0.15) is 31.4 Å². The molecule has 1 fully saturated rings. The first kappa shape index (κ1) is 21.1. The van der Waals surface area contributed by atoms with Gasteiger partial charge in [0.05, 0.1) is 16.8 Å². The summed E-state index contributed by atoms with van der Waals surface area (Å²) in [4.78, 5) is 16.6. The zero-order valence-electron chi connectivity index (χ0n) is 15.5. The van der Waals surface area contributed by atoms with E-state index >= 15 is 0 Å². The molecule has 0 aliphatic carbocycles. The molecule has 0 saturated carbocycles. The lowest BCUT2D eigenvalue weighted by atomic mass is 10.1. The van der Waals surface area contributed by atoms with E-state index in [1.54, 1.807) is 24.3 Å². The van der Waals surface area contributed by atoms with Gasteiger partial charge in [-0.2, -0.15) is 4.31 Å². The number of thioether (sulfide) groups is 1. The first-order valence-corrected chi connectivity index (χ1v) is 11.8. The van der Waals surface area contributed by atoms with E-state index in [4.69, 9.17) is 11.6 Å². The summed E-state index contributed by atoms with van der Waals surface area (Å²) in [5, 5.41) is 4.18. The Morgan fingerprint density at radius 1 is 1.21 bits per heavy atom. The predicted molar refractivity (Wildman–Crippen MR) is 111 cm³/mol. The van der Waals surface area contributed by atoms with Gasteiger partial charge in [0, 0.05) is 24.3 Å². The van der Waals surface area contributed by atoms with Crippen molar-refractivity contribution in [1.29, 1.82) is 0 Å². The Hall–Kier alpha value is -1.61. The minimum absolute atomic E-state index is 0.122. The Bertz CT molecular complexity index is 912. The second-order valence-electron chi connectivity index (χ2n) is 6.57. The van der Waals surface area contributed by atoms with Gasteiger partial charge in [-0.25, -0.2) is 13.4 Å². The van der Waals surface area contributed by atoms with E-state index in [0.29, 0.717) is 23.1 Å². The molecule has 1 amide bonds. The topological polar surface area (TPSA) is 79.4 Å². The van der Waals surface area contributed by atoms with E-state index in [2.05, 4.69) is 10.3 Å². The Labute approximate surface area is 174 Å². The fourth-order valence-corrected chi connectivity index (χ4v) is 5.18. The quantitative estimate of drug-likeness (QED) is 0.668. The summed E-state index contributed by atoms with van der Waals surface area (Å²) in [6.45, 7) is 3.03. The lowest BCUT2D eigenvalue weighted by molar-refractivity contribution is -0.119. The fraction of sp³-hybridized carbons (Fsp3) is 0.368. The van der Waals surface area contributed by atoms with Crippen molar-refractivity contribution in [1.82, 2.24) is 14.6 Å². The number of nitrogens with zero attached hydrogens (tertiary/aromatic N) is 2. The highest BCUT2D eigenvalue weighted by Crippen LogP contribution is 2.23. The van der Waals surface area contributed by atoms with Crippen LogP contribution in [-0.2, 0) is 14.8 Å². The maximum Gasteiger partial charge on any atom is 0.244 e. The number of rotatable bonds is 7. The van der Waals surface area contributed by atoms with Gasteiger partial charge in [-0.3, -0.25) is 4.79 Å². The summed E-state index contributed by atoms with van der Waals surface area (Å²) in [5.74, 6) is 0.0754. The Morgan fingerprint density at radius 2 is 1.89 bits per heavy atom. The van der Waals surface area contributed by atoms with Gasteiger partial charge < -0.3 is 5.32 Å². The van der Waals surface area contributed by atoms with Crippen LogP contribution < -0.4 is 5.32 Å². The Kier molecular flexibility index (Phi) is 6.98. The van der Waals surface area contributed by atoms with Gasteiger partial charge in [0.2, 0.25) is 15.9 Å². The molecule has 2 heterocycles. The first-order chi connectivity index (χ1) is 13.4. The average Bonchev–Trinajstić information content (AvgIpc) is 3.23. The normalized spacial score (nSPS) is 16.1. The third-order valence-electron chi connectivity index (χ3n) is 4.51.